The van der Waals surface area contributed by atoms with Crippen LogP contribution in [0, 0.1) is 13.8 Å². The Morgan fingerprint density at radius 2 is 1.86 bits per heavy atom. The van der Waals surface area contributed by atoms with E-state index in [0.717, 1.165) is 10.7 Å². The molecule has 0 amide bonds. The highest BCUT2D eigenvalue weighted by molar-refractivity contribution is 7.09. The fraction of sp³-hybridized carbons (Fsp3) is 0.500. The smallest absolute Gasteiger partial charge is 0.0954 e. The van der Waals surface area contributed by atoms with Gasteiger partial charge in [0.2, 0.25) is 0 Å². The van der Waals surface area contributed by atoms with E-state index in [1.165, 1.54) is 16.7 Å². The van der Waals surface area contributed by atoms with Crippen molar-refractivity contribution in [3.8, 4) is 0 Å². The summed E-state index contributed by atoms with van der Waals surface area (Å²) >= 11 is 1.65. The highest BCUT2D eigenvalue weighted by atomic mass is 32.1. The first-order valence-corrected chi connectivity index (χ1v) is 8.33. The zero-order valence-electron chi connectivity index (χ0n) is 13.6. The van der Waals surface area contributed by atoms with Crippen molar-refractivity contribution in [1.29, 1.82) is 0 Å². The minimum Gasteiger partial charge on any atom is -0.392 e. The van der Waals surface area contributed by atoms with Crippen LogP contribution in [0.5, 0.6) is 0 Å². The Labute approximate surface area is 131 Å². The molecule has 0 aliphatic heterocycles. The average molecular weight is 303 g/mol. The summed E-state index contributed by atoms with van der Waals surface area (Å²) in [4.78, 5) is 4.65. The summed E-state index contributed by atoms with van der Waals surface area (Å²) in [6.07, 6.45) is 0.949. The van der Waals surface area contributed by atoms with E-state index < -0.39 is 0 Å². The molecule has 1 aromatic heterocycles. The Hall–Kier alpha value is -1.19. The first kappa shape index (κ1) is 16.2. The molecule has 0 aliphatic carbocycles. The van der Waals surface area contributed by atoms with E-state index in [1.54, 1.807) is 11.3 Å². The van der Waals surface area contributed by atoms with E-state index in [2.05, 4.69) is 63.2 Å². The minimum atomic E-state index is -0.369. The minimum absolute atomic E-state index is 0.0772. The SMILES string of the molecule is Cc1ccc(CC(O)Cc2nc(C(C)(C)C)cs2)cc1C. The lowest BCUT2D eigenvalue weighted by Crippen LogP contribution is -2.15. The second-order valence-corrected chi connectivity index (χ2v) is 7.80. The maximum absolute atomic E-state index is 10.3. The lowest BCUT2D eigenvalue weighted by molar-refractivity contribution is 0.175. The van der Waals surface area contributed by atoms with Gasteiger partial charge in [0.1, 0.15) is 0 Å². The molecule has 21 heavy (non-hydrogen) atoms. The van der Waals surface area contributed by atoms with Gasteiger partial charge in [-0.3, -0.25) is 0 Å². The standard InChI is InChI=1S/C18H25NOS/c1-12-6-7-14(8-13(12)2)9-15(20)10-17-19-16(11-21-17)18(3,4)5/h6-8,11,15,20H,9-10H2,1-5H3. The molecule has 1 atom stereocenters. The molecular weight excluding hydrogens is 278 g/mol. The number of benzene rings is 1. The summed E-state index contributed by atoms with van der Waals surface area (Å²) < 4.78 is 0. The second-order valence-electron chi connectivity index (χ2n) is 6.86. The highest BCUT2D eigenvalue weighted by Gasteiger charge is 2.18. The molecule has 0 fully saturated rings. The van der Waals surface area contributed by atoms with Crippen LogP contribution in [0.15, 0.2) is 23.6 Å². The summed E-state index contributed by atoms with van der Waals surface area (Å²) in [6.45, 7) is 10.7. The molecule has 3 heteroatoms. The molecule has 2 nitrogen and oxygen atoms in total. The van der Waals surface area contributed by atoms with Gasteiger partial charge in [0.05, 0.1) is 16.8 Å². The number of aromatic nitrogens is 1. The number of aliphatic hydroxyl groups is 1. The Morgan fingerprint density at radius 1 is 1.14 bits per heavy atom. The highest BCUT2D eigenvalue weighted by Crippen LogP contribution is 2.24. The van der Waals surface area contributed by atoms with Gasteiger partial charge >= 0.3 is 0 Å². The molecule has 0 bridgehead atoms. The van der Waals surface area contributed by atoms with Gasteiger partial charge < -0.3 is 5.11 Å². The zero-order chi connectivity index (χ0) is 15.6. The third kappa shape index (κ3) is 4.39. The second kappa shape index (κ2) is 6.29. The Kier molecular flexibility index (Phi) is 4.84. The average Bonchev–Trinajstić information content (AvgIpc) is 2.82. The predicted octanol–water partition coefficient (Wildman–Crippen LogP) is 4.20. The fourth-order valence-electron chi connectivity index (χ4n) is 2.23. The van der Waals surface area contributed by atoms with E-state index in [-0.39, 0.29) is 11.5 Å². The quantitative estimate of drug-likeness (QED) is 0.918. The lowest BCUT2D eigenvalue weighted by Gasteiger charge is -2.14. The van der Waals surface area contributed by atoms with Crippen LogP contribution in [0.25, 0.3) is 0 Å². The first-order valence-electron chi connectivity index (χ1n) is 7.45. The largest absolute Gasteiger partial charge is 0.392 e. The fourth-order valence-corrected chi connectivity index (χ4v) is 3.32. The number of aliphatic hydroxyl groups excluding tert-OH is 1. The van der Waals surface area contributed by atoms with Gasteiger partial charge in [0.15, 0.2) is 0 Å². The summed E-state index contributed by atoms with van der Waals surface area (Å²) in [5.41, 5.74) is 4.96. The third-order valence-electron chi connectivity index (χ3n) is 3.77. The van der Waals surface area contributed by atoms with Crippen molar-refractivity contribution in [3.05, 3.63) is 51.0 Å². The number of nitrogens with zero attached hydrogens (tertiary/aromatic N) is 1. The summed E-state index contributed by atoms with van der Waals surface area (Å²) in [5.74, 6) is 0. The van der Waals surface area contributed by atoms with Crippen LogP contribution in [0.1, 0.15) is 48.2 Å². The van der Waals surface area contributed by atoms with Crippen LogP contribution in [0.2, 0.25) is 0 Å². The van der Waals surface area contributed by atoms with E-state index in [0.29, 0.717) is 12.8 Å². The molecule has 0 aliphatic rings. The van der Waals surface area contributed by atoms with Gasteiger partial charge in [-0.05, 0) is 37.0 Å². The van der Waals surface area contributed by atoms with Gasteiger partial charge in [-0.25, -0.2) is 4.98 Å². The molecule has 1 heterocycles. The zero-order valence-corrected chi connectivity index (χ0v) is 14.4. The van der Waals surface area contributed by atoms with Gasteiger partial charge in [-0.15, -0.1) is 11.3 Å². The predicted molar refractivity (Wildman–Crippen MR) is 90.1 cm³/mol. The Morgan fingerprint density at radius 3 is 2.43 bits per heavy atom. The number of thiazole rings is 1. The van der Waals surface area contributed by atoms with Crippen molar-refractivity contribution < 1.29 is 5.11 Å². The van der Waals surface area contributed by atoms with Crippen LogP contribution in [-0.2, 0) is 18.3 Å². The molecule has 0 saturated heterocycles. The Bertz CT molecular complexity index is 610. The van der Waals surface area contributed by atoms with E-state index >= 15 is 0 Å². The van der Waals surface area contributed by atoms with E-state index in [4.69, 9.17) is 0 Å². The topological polar surface area (TPSA) is 33.1 Å². The maximum atomic E-state index is 10.3. The molecule has 1 N–H and O–H groups in total. The summed E-state index contributed by atoms with van der Waals surface area (Å²) in [6, 6.07) is 6.40. The molecule has 1 aromatic carbocycles. The number of rotatable bonds is 4. The summed E-state index contributed by atoms with van der Waals surface area (Å²) in [7, 11) is 0. The molecule has 0 saturated carbocycles. The molecule has 2 aromatic rings. The van der Waals surface area contributed by atoms with Crippen molar-refractivity contribution in [2.24, 2.45) is 0 Å². The number of aryl methyl sites for hydroxylation is 2. The van der Waals surface area contributed by atoms with Gasteiger partial charge in [0.25, 0.3) is 0 Å². The van der Waals surface area contributed by atoms with Gasteiger partial charge in [-0.1, -0.05) is 39.0 Å². The van der Waals surface area contributed by atoms with Crippen LogP contribution < -0.4 is 0 Å². The van der Waals surface area contributed by atoms with Crippen LogP contribution in [0.4, 0.5) is 0 Å². The van der Waals surface area contributed by atoms with Crippen LogP contribution in [-0.4, -0.2) is 16.2 Å². The molecule has 1 unspecified atom stereocenters. The normalized spacial score (nSPS) is 13.4. The maximum Gasteiger partial charge on any atom is 0.0954 e. The van der Waals surface area contributed by atoms with Crippen molar-refractivity contribution in [2.45, 2.75) is 59.0 Å². The first-order chi connectivity index (χ1) is 9.75. The van der Waals surface area contributed by atoms with Crippen molar-refractivity contribution in [1.82, 2.24) is 4.98 Å². The molecule has 114 valence electrons. The monoisotopic (exact) mass is 303 g/mol. The molecule has 0 radical (unpaired) electrons. The molecule has 2 rings (SSSR count). The van der Waals surface area contributed by atoms with Crippen molar-refractivity contribution in [2.75, 3.05) is 0 Å². The van der Waals surface area contributed by atoms with Crippen LogP contribution >= 0.6 is 11.3 Å². The van der Waals surface area contributed by atoms with Crippen molar-refractivity contribution >= 4 is 11.3 Å². The van der Waals surface area contributed by atoms with Crippen LogP contribution in [0.3, 0.4) is 0 Å². The van der Waals surface area contributed by atoms with E-state index in [9.17, 15) is 5.11 Å². The van der Waals surface area contributed by atoms with Gasteiger partial charge in [0, 0.05) is 17.2 Å². The molecular formula is C18H25NOS. The lowest BCUT2D eigenvalue weighted by atomic mass is 9.93. The number of hydrogen-bond donors (Lipinski definition) is 1. The molecule has 0 spiro atoms. The van der Waals surface area contributed by atoms with Gasteiger partial charge in [-0.2, -0.15) is 0 Å². The van der Waals surface area contributed by atoms with E-state index in [1.807, 2.05) is 0 Å². The summed E-state index contributed by atoms with van der Waals surface area (Å²) in [5, 5.41) is 13.4. The Balaban J connectivity index is 1.99. The van der Waals surface area contributed by atoms with Crippen molar-refractivity contribution in [3.63, 3.8) is 0 Å². The number of hydrogen-bond acceptors (Lipinski definition) is 3. The third-order valence-corrected chi connectivity index (χ3v) is 4.64.